The first-order valence-corrected chi connectivity index (χ1v) is 6.39. The van der Waals surface area contributed by atoms with Crippen LogP contribution in [0.25, 0.3) is 0 Å². The number of phenols is 1. The van der Waals surface area contributed by atoms with Crippen LogP contribution in [0.5, 0.6) is 5.75 Å². The van der Waals surface area contributed by atoms with Crippen molar-refractivity contribution in [1.29, 1.82) is 0 Å². The fraction of sp³-hybridized carbons (Fsp3) is 0.133. The van der Waals surface area contributed by atoms with Gasteiger partial charge in [-0.2, -0.15) is 0 Å². The number of nitrogens with zero attached hydrogens (tertiary/aromatic N) is 1. The Kier molecular flexibility index (Phi) is 4.18. The summed E-state index contributed by atoms with van der Waals surface area (Å²) in [4.78, 5) is 22.4. The van der Waals surface area contributed by atoms with Crippen LogP contribution >= 0.6 is 0 Å². The van der Waals surface area contributed by atoms with Crippen LogP contribution in [-0.2, 0) is 6.42 Å². The minimum atomic E-state index is -0.656. The molecule has 6 heteroatoms. The number of carbonyl (C=O) groups is 1. The second-order valence-electron chi connectivity index (χ2n) is 4.47. The molecule has 0 aliphatic heterocycles. The monoisotopic (exact) mass is 286 g/mol. The summed E-state index contributed by atoms with van der Waals surface area (Å²) in [5, 5.41) is 22.9. The first-order chi connectivity index (χ1) is 10.0. The maximum atomic E-state index is 12.2. The third-order valence-corrected chi connectivity index (χ3v) is 3.01. The Morgan fingerprint density at radius 1 is 1.29 bits per heavy atom. The van der Waals surface area contributed by atoms with Crippen LogP contribution in [0.4, 0.5) is 11.4 Å². The maximum absolute atomic E-state index is 12.2. The number of rotatable bonds is 4. The molecule has 0 saturated heterocycles. The Morgan fingerprint density at radius 3 is 2.71 bits per heavy atom. The number of aromatic hydroxyl groups is 1. The molecule has 0 unspecified atom stereocenters. The average molecular weight is 286 g/mol. The van der Waals surface area contributed by atoms with E-state index in [-0.39, 0.29) is 17.0 Å². The molecule has 0 aliphatic carbocycles. The number of carbonyl (C=O) groups excluding carboxylic acids is 1. The SMILES string of the molecule is CCc1cccc(NC(=O)c2cc(O)ccc2[N+](=O)[O-])c1. The predicted octanol–water partition coefficient (Wildman–Crippen LogP) is 3.12. The Bertz CT molecular complexity index is 698. The highest BCUT2D eigenvalue weighted by molar-refractivity contribution is 6.07. The van der Waals surface area contributed by atoms with Gasteiger partial charge in [-0.15, -0.1) is 0 Å². The van der Waals surface area contributed by atoms with Gasteiger partial charge in [-0.1, -0.05) is 19.1 Å². The highest BCUT2D eigenvalue weighted by Gasteiger charge is 2.20. The first-order valence-electron chi connectivity index (χ1n) is 6.39. The molecule has 0 aliphatic rings. The molecule has 0 heterocycles. The van der Waals surface area contributed by atoms with Crippen molar-refractivity contribution in [2.45, 2.75) is 13.3 Å². The lowest BCUT2D eigenvalue weighted by atomic mass is 10.1. The van der Waals surface area contributed by atoms with Crippen LogP contribution < -0.4 is 5.32 Å². The van der Waals surface area contributed by atoms with Gasteiger partial charge in [-0.3, -0.25) is 14.9 Å². The number of phenolic OH excluding ortho intramolecular Hbond substituents is 1. The lowest BCUT2D eigenvalue weighted by Gasteiger charge is -2.07. The first kappa shape index (κ1) is 14.5. The largest absolute Gasteiger partial charge is 0.508 e. The van der Waals surface area contributed by atoms with Crippen LogP contribution in [0.1, 0.15) is 22.8 Å². The summed E-state index contributed by atoms with van der Waals surface area (Å²) >= 11 is 0. The number of nitrogens with one attached hydrogen (secondary N) is 1. The van der Waals surface area contributed by atoms with E-state index in [2.05, 4.69) is 5.32 Å². The molecule has 108 valence electrons. The van der Waals surface area contributed by atoms with Crippen molar-refractivity contribution in [3.05, 3.63) is 63.7 Å². The van der Waals surface area contributed by atoms with Gasteiger partial charge >= 0.3 is 0 Å². The number of benzene rings is 2. The molecular formula is C15H14N2O4. The number of amides is 1. The maximum Gasteiger partial charge on any atom is 0.282 e. The highest BCUT2D eigenvalue weighted by Crippen LogP contribution is 2.24. The summed E-state index contributed by atoms with van der Waals surface area (Å²) < 4.78 is 0. The number of hydrogen-bond donors (Lipinski definition) is 2. The quantitative estimate of drug-likeness (QED) is 0.667. The zero-order valence-corrected chi connectivity index (χ0v) is 11.4. The van der Waals surface area contributed by atoms with Gasteiger partial charge in [0.05, 0.1) is 4.92 Å². The number of aryl methyl sites for hydroxylation is 1. The Balaban J connectivity index is 2.31. The van der Waals surface area contributed by atoms with E-state index in [1.54, 1.807) is 18.2 Å². The van der Waals surface area contributed by atoms with Crippen molar-refractivity contribution in [1.82, 2.24) is 0 Å². The lowest BCUT2D eigenvalue weighted by Crippen LogP contribution is -2.14. The van der Waals surface area contributed by atoms with Crippen molar-refractivity contribution in [2.24, 2.45) is 0 Å². The smallest absolute Gasteiger partial charge is 0.282 e. The molecule has 0 atom stereocenters. The molecule has 2 N–H and O–H groups in total. The molecule has 2 rings (SSSR count). The minimum Gasteiger partial charge on any atom is -0.508 e. The molecular weight excluding hydrogens is 272 g/mol. The van der Waals surface area contributed by atoms with Gasteiger partial charge in [0.1, 0.15) is 11.3 Å². The van der Waals surface area contributed by atoms with Gasteiger partial charge in [0.15, 0.2) is 0 Å². The van der Waals surface area contributed by atoms with Crippen molar-refractivity contribution in [2.75, 3.05) is 5.32 Å². The van der Waals surface area contributed by atoms with E-state index in [1.807, 2.05) is 13.0 Å². The van der Waals surface area contributed by atoms with E-state index in [9.17, 15) is 20.0 Å². The molecule has 0 fully saturated rings. The van der Waals surface area contributed by atoms with Crippen molar-refractivity contribution in [3.63, 3.8) is 0 Å². The zero-order valence-electron chi connectivity index (χ0n) is 11.4. The Labute approximate surface area is 121 Å². The van der Waals surface area contributed by atoms with E-state index in [0.29, 0.717) is 5.69 Å². The third-order valence-electron chi connectivity index (χ3n) is 3.01. The fourth-order valence-electron chi connectivity index (χ4n) is 1.93. The minimum absolute atomic E-state index is 0.179. The van der Waals surface area contributed by atoms with Crippen molar-refractivity contribution >= 4 is 17.3 Å². The van der Waals surface area contributed by atoms with E-state index in [0.717, 1.165) is 24.1 Å². The number of nitro groups is 1. The predicted molar refractivity (Wildman–Crippen MR) is 78.5 cm³/mol. The molecule has 0 bridgehead atoms. The number of nitro benzene ring substituents is 1. The second kappa shape index (κ2) is 6.04. The summed E-state index contributed by atoms with van der Waals surface area (Å²) in [6.45, 7) is 1.99. The molecule has 0 aromatic heterocycles. The highest BCUT2D eigenvalue weighted by atomic mass is 16.6. The van der Waals surface area contributed by atoms with Crippen LogP contribution in [-0.4, -0.2) is 15.9 Å². The summed E-state index contributed by atoms with van der Waals surface area (Å²) in [5.74, 6) is -0.834. The van der Waals surface area contributed by atoms with E-state index >= 15 is 0 Å². The molecule has 0 radical (unpaired) electrons. The lowest BCUT2D eigenvalue weighted by molar-refractivity contribution is -0.385. The van der Waals surface area contributed by atoms with Crippen LogP contribution in [0, 0.1) is 10.1 Å². The molecule has 6 nitrogen and oxygen atoms in total. The third kappa shape index (κ3) is 3.36. The van der Waals surface area contributed by atoms with E-state index in [4.69, 9.17) is 0 Å². The van der Waals surface area contributed by atoms with E-state index in [1.165, 1.54) is 6.07 Å². The zero-order chi connectivity index (χ0) is 15.4. The van der Waals surface area contributed by atoms with Gasteiger partial charge in [0.2, 0.25) is 0 Å². The average Bonchev–Trinajstić information content (AvgIpc) is 2.47. The fourth-order valence-corrected chi connectivity index (χ4v) is 1.93. The standard InChI is InChI=1S/C15H14N2O4/c1-2-10-4-3-5-11(8-10)16-15(19)13-9-12(18)6-7-14(13)17(20)21/h3-9,18H,2H2,1H3,(H,16,19). The van der Waals surface area contributed by atoms with Gasteiger partial charge in [-0.25, -0.2) is 0 Å². The Morgan fingerprint density at radius 2 is 2.05 bits per heavy atom. The van der Waals surface area contributed by atoms with Gasteiger partial charge in [0, 0.05) is 11.8 Å². The summed E-state index contributed by atoms with van der Waals surface area (Å²) in [7, 11) is 0. The normalized spacial score (nSPS) is 10.1. The Hall–Kier alpha value is -2.89. The van der Waals surface area contributed by atoms with Crippen molar-refractivity contribution in [3.8, 4) is 5.75 Å². The number of hydrogen-bond acceptors (Lipinski definition) is 4. The molecule has 0 spiro atoms. The van der Waals surface area contributed by atoms with E-state index < -0.39 is 10.8 Å². The topological polar surface area (TPSA) is 92.5 Å². The molecule has 0 saturated carbocycles. The molecule has 21 heavy (non-hydrogen) atoms. The van der Waals surface area contributed by atoms with Gasteiger partial charge in [0.25, 0.3) is 11.6 Å². The van der Waals surface area contributed by atoms with Crippen LogP contribution in [0.3, 0.4) is 0 Å². The summed E-state index contributed by atoms with van der Waals surface area (Å²) in [6, 6.07) is 10.6. The van der Waals surface area contributed by atoms with Crippen molar-refractivity contribution < 1.29 is 14.8 Å². The second-order valence-corrected chi connectivity index (χ2v) is 4.47. The van der Waals surface area contributed by atoms with Crippen LogP contribution in [0.2, 0.25) is 0 Å². The molecule has 1 amide bonds. The summed E-state index contributed by atoms with van der Waals surface area (Å²) in [6.07, 6.45) is 0.815. The number of anilines is 1. The van der Waals surface area contributed by atoms with Crippen LogP contribution in [0.15, 0.2) is 42.5 Å². The van der Waals surface area contributed by atoms with Gasteiger partial charge in [-0.05, 0) is 36.2 Å². The molecule has 2 aromatic carbocycles. The summed E-state index contributed by atoms with van der Waals surface area (Å²) in [5.41, 5.74) is 1.06. The molecule has 2 aromatic rings. The van der Waals surface area contributed by atoms with Gasteiger partial charge < -0.3 is 10.4 Å².